The number of ether oxygens (including phenoxy) is 4. The SMILES string of the molecule is CCOC(=O)C[C@H]1[C@H](OCc2ccccc2)[C@@H](OCc2ccccc2)[C@H](OCc2ccccc2)[C@@H](CO[Si](c2ccccc2)(c2ccccc2)C(C)(C)C)N1Cc1ccccc1. The maximum atomic E-state index is 13.9. The van der Waals surface area contributed by atoms with Crippen LogP contribution in [0.1, 0.15) is 56.4 Å². The van der Waals surface area contributed by atoms with E-state index in [2.05, 4.69) is 147 Å². The largest absolute Gasteiger partial charge is 0.466 e. The fraction of sp³-hybridized carbons (Fsp3) is 0.315. The van der Waals surface area contributed by atoms with Gasteiger partial charge < -0.3 is 23.4 Å². The Labute approximate surface area is 369 Å². The Morgan fingerprint density at radius 3 is 1.29 bits per heavy atom. The topological polar surface area (TPSA) is 66.5 Å². The molecule has 322 valence electrons. The van der Waals surface area contributed by atoms with Crippen molar-refractivity contribution < 1.29 is 28.2 Å². The molecule has 1 fully saturated rings. The lowest BCUT2D eigenvalue weighted by atomic mass is 9.85. The molecule has 8 heteroatoms. The highest BCUT2D eigenvalue weighted by atomic mass is 28.4. The van der Waals surface area contributed by atoms with Crippen LogP contribution in [0.25, 0.3) is 0 Å². The van der Waals surface area contributed by atoms with Crippen LogP contribution in [0.4, 0.5) is 0 Å². The zero-order valence-corrected chi connectivity index (χ0v) is 37.6. The summed E-state index contributed by atoms with van der Waals surface area (Å²) in [5.74, 6) is -0.291. The van der Waals surface area contributed by atoms with E-state index < -0.39 is 38.7 Å². The van der Waals surface area contributed by atoms with Gasteiger partial charge in [-0.2, -0.15) is 0 Å². The first-order valence-corrected chi connectivity index (χ1v) is 23.8. The fourth-order valence-electron chi connectivity index (χ4n) is 8.97. The zero-order valence-electron chi connectivity index (χ0n) is 36.6. The van der Waals surface area contributed by atoms with Crippen LogP contribution in [0.2, 0.25) is 5.04 Å². The number of hydrogen-bond donors (Lipinski definition) is 0. The molecule has 1 aliphatic heterocycles. The highest BCUT2D eigenvalue weighted by Gasteiger charge is 2.55. The van der Waals surface area contributed by atoms with Gasteiger partial charge in [-0.25, -0.2) is 0 Å². The minimum absolute atomic E-state index is 0.0897. The lowest BCUT2D eigenvalue weighted by Crippen LogP contribution is -2.71. The van der Waals surface area contributed by atoms with Gasteiger partial charge in [0.2, 0.25) is 0 Å². The third kappa shape index (κ3) is 11.1. The van der Waals surface area contributed by atoms with E-state index in [-0.39, 0.29) is 24.0 Å². The van der Waals surface area contributed by atoms with Crippen LogP contribution in [0.5, 0.6) is 0 Å². The van der Waals surface area contributed by atoms with E-state index in [0.717, 1.165) is 22.3 Å². The molecule has 7 nitrogen and oxygen atoms in total. The van der Waals surface area contributed by atoms with Gasteiger partial charge in [0.15, 0.2) is 0 Å². The summed E-state index contributed by atoms with van der Waals surface area (Å²) < 4.78 is 35.1. The van der Waals surface area contributed by atoms with Crippen LogP contribution in [0, 0.1) is 0 Å². The molecule has 6 aromatic carbocycles. The molecule has 0 N–H and O–H groups in total. The Balaban J connectivity index is 1.40. The van der Waals surface area contributed by atoms with Gasteiger partial charge in [-0.15, -0.1) is 0 Å². The van der Waals surface area contributed by atoms with Crippen LogP contribution in [-0.4, -0.2) is 62.8 Å². The van der Waals surface area contributed by atoms with E-state index in [1.807, 2.05) is 67.6 Å². The van der Waals surface area contributed by atoms with Crippen molar-refractivity contribution >= 4 is 24.7 Å². The minimum atomic E-state index is -3.05. The van der Waals surface area contributed by atoms with Crippen molar-refractivity contribution in [3.63, 3.8) is 0 Å². The van der Waals surface area contributed by atoms with Gasteiger partial charge in [0.1, 0.15) is 18.3 Å². The quantitative estimate of drug-likeness (QED) is 0.0595. The van der Waals surface area contributed by atoms with E-state index >= 15 is 0 Å². The second-order valence-electron chi connectivity index (χ2n) is 17.1. The highest BCUT2D eigenvalue weighted by molar-refractivity contribution is 6.99. The number of benzene rings is 6. The molecule has 0 aromatic heterocycles. The molecular formula is C54H61NO6Si. The van der Waals surface area contributed by atoms with Crippen LogP contribution in [0.15, 0.2) is 182 Å². The average molecular weight is 848 g/mol. The van der Waals surface area contributed by atoms with E-state index in [4.69, 9.17) is 23.4 Å². The first-order chi connectivity index (χ1) is 30.3. The summed E-state index contributed by atoms with van der Waals surface area (Å²) in [5, 5.41) is 2.11. The van der Waals surface area contributed by atoms with Crippen molar-refractivity contribution in [1.82, 2.24) is 4.90 Å². The average Bonchev–Trinajstić information content (AvgIpc) is 3.30. The summed E-state index contributed by atoms with van der Waals surface area (Å²) in [4.78, 5) is 16.3. The number of likely N-dealkylation sites (tertiary alicyclic amines) is 1. The van der Waals surface area contributed by atoms with Gasteiger partial charge >= 0.3 is 5.97 Å². The number of rotatable bonds is 19. The van der Waals surface area contributed by atoms with Crippen molar-refractivity contribution in [3.8, 4) is 0 Å². The van der Waals surface area contributed by atoms with Crippen LogP contribution < -0.4 is 10.4 Å². The van der Waals surface area contributed by atoms with Gasteiger partial charge in [-0.05, 0) is 44.6 Å². The van der Waals surface area contributed by atoms with Crippen LogP contribution in [0.3, 0.4) is 0 Å². The molecule has 0 amide bonds. The van der Waals surface area contributed by atoms with Gasteiger partial charge in [0, 0.05) is 12.6 Å². The molecule has 6 aromatic rings. The summed E-state index contributed by atoms with van der Waals surface area (Å²) in [7, 11) is -3.05. The Bertz CT molecular complexity index is 2170. The first-order valence-electron chi connectivity index (χ1n) is 21.9. The molecule has 0 spiro atoms. The first kappa shape index (κ1) is 44.8. The van der Waals surface area contributed by atoms with Crippen molar-refractivity contribution in [1.29, 1.82) is 0 Å². The number of hydrogen-bond acceptors (Lipinski definition) is 7. The molecule has 62 heavy (non-hydrogen) atoms. The summed E-state index contributed by atoms with van der Waals surface area (Å²) in [6.07, 6.45) is -1.68. The minimum Gasteiger partial charge on any atom is -0.466 e. The summed E-state index contributed by atoms with van der Waals surface area (Å²) >= 11 is 0. The predicted molar refractivity (Wildman–Crippen MR) is 249 cm³/mol. The second kappa shape index (κ2) is 21.7. The van der Waals surface area contributed by atoms with E-state index in [1.54, 1.807) is 0 Å². The lowest BCUT2D eigenvalue weighted by Gasteiger charge is -2.54. The summed E-state index contributed by atoms with van der Waals surface area (Å²) in [6.45, 7) is 10.8. The lowest BCUT2D eigenvalue weighted by molar-refractivity contribution is -0.230. The zero-order chi connectivity index (χ0) is 43.2. The Morgan fingerprint density at radius 2 is 0.887 bits per heavy atom. The smallest absolute Gasteiger partial charge is 0.307 e. The van der Waals surface area contributed by atoms with E-state index in [1.165, 1.54) is 10.4 Å². The molecule has 1 aliphatic rings. The molecule has 0 unspecified atom stereocenters. The van der Waals surface area contributed by atoms with Crippen molar-refractivity contribution in [2.75, 3.05) is 13.2 Å². The molecular weight excluding hydrogens is 787 g/mol. The Kier molecular flexibility index (Phi) is 15.7. The molecule has 7 rings (SSSR count). The highest BCUT2D eigenvalue weighted by Crippen LogP contribution is 2.40. The number of nitrogens with zero attached hydrogens (tertiary/aromatic N) is 1. The maximum Gasteiger partial charge on any atom is 0.307 e. The second-order valence-corrected chi connectivity index (χ2v) is 21.4. The van der Waals surface area contributed by atoms with Crippen molar-refractivity contribution in [2.24, 2.45) is 0 Å². The van der Waals surface area contributed by atoms with Crippen molar-refractivity contribution in [3.05, 3.63) is 204 Å². The number of esters is 1. The normalized spacial score (nSPS) is 19.5. The third-order valence-electron chi connectivity index (χ3n) is 11.9. The van der Waals surface area contributed by atoms with Gasteiger partial charge in [-0.3, -0.25) is 9.69 Å². The standard InChI is InChI=1S/C54H61NO6Si/c1-5-57-50(56)36-48-51(58-38-43-26-14-7-15-27-43)53(60-40-45-30-18-9-19-31-45)52(59-39-44-28-16-8-17-29-44)49(55(48)37-42-24-12-6-13-25-42)41-61-62(54(2,3)4,46-32-20-10-21-33-46)47-34-22-11-23-35-47/h6-35,48-49,51-53H,5,36-41H2,1-4H3/t48-,49+,51-,52+,53+/m0/s1. The molecule has 0 radical (unpaired) electrons. The number of carbonyl (C=O) groups is 1. The van der Waals surface area contributed by atoms with Gasteiger partial charge in [-0.1, -0.05) is 203 Å². The third-order valence-corrected chi connectivity index (χ3v) is 16.9. The van der Waals surface area contributed by atoms with E-state index in [9.17, 15) is 4.79 Å². The Morgan fingerprint density at radius 1 is 0.516 bits per heavy atom. The van der Waals surface area contributed by atoms with E-state index in [0.29, 0.717) is 33.0 Å². The molecule has 1 saturated heterocycles. The van der Waals surface area contributed by atoms with Crippen LogP contribution in [-0.2, 0) is 54.5 Å². The maximum absolute atomic E-state index is 13.9. The molecule has 0 bridgehead atoms. The van der Waals surface area contributed by atoms with Crippen LogP contribution >= 0.6 is 0 Å². The van der Waals surface area contributed by atoms with Gasteiger partial charge in [0.25, 0.3) is 8.32 Å². The number of piperidine rings is 1. The monoisotopic (exact) mass is 847 g/mol. The number of carbonyl (C=O) groups excluding carboxylic acids is 1. The van der Waals surface area contributed by atoms with Crippen molar-refractivity contribution in [2.45, 2.75) is 95.9 Å². The van der Waals surface area contributed by atoms with Gasteiger partial charge in [0.05, 0.1) is 45.5 Å². The molecule has 0 saturated carbocycles. The summed E-state index contributed by atoms with van der Waals surface area (Å²) in [6, 6.07) is 61.7. The molecule has 0 aliphatic carbocycles. The summed E-state index contributed by atoms with van der Waals surface area (Å²) in [5.41, 5.74) is 4.21. The molecule has 1 heterocycles. The Hall–Kier alpha value is -5.19. The fourth-order valence-corrected chi connectivity index (χ4v) is 13.5. The molecule has 5 atom stereocenters. The predicted octanol–water partition coefficient (Wildman–Crippen LogP) is 9.53.